The Kier molecular flexibility index (Phi) is 7.59. The van der Waals surface area contributed by atoms with Crippen molar-refractivity contribution in [2.45, 2.75) is 46.6 Å². The third-order valence-electron chi connectivity index (χ3n) is 6.17. The van der Waals surface area contributed by atoms with E-state index in [2.05, 4.69) is 15.6 Å². The van der Waals surface area contributed by atoms with Crippen LogP contribution in [-0.2, 0) is 29.0 Å². The number of fused-ring (bicyclic) bond motifs is 1. The van der Waals surface area contributed by atoms with Crippen molar-refractivity contribution in [1.29, 1.82) is 0 Å². The molecule has 2 N–H and O–H groups in total. The van der Waals surface area contributed by atoms with E-state index >= 15 is 0 Å². The van der Waals surface area contributed by atoms with Crippen molar-refractivity contribution in [2.24, 2.45) is 0 Å². The second-order valence-corrected chi connectivity index (χ2v) is 8.53. The number of hydrogen-bond donors (Lipinski definition) is 2. The molecule has 3 aromatic carbocycles. The van der Waals surface area contributed by atoms with Crippen LogP contribution in [0.25, 0.3) is 22.3 Å². The first-order chi connectivity index (χ1) is 17.4. The molecule has 0 aliphatic rings. The summed E-state index contributed by atoms with van der Waals surface area (Å²) in [5.41, 5.74) is 4.77. The van der Waals surface area contributed by atoms with E-state index in [1.165, 1.54) is 4.57 Å². The van der Waals surface area contributed by atoms with Gasteiger partial charge in [-0.1, -0.05) is 57.2 Å². The fraction of sp³-hybridized carbons (Fsp3) is 0.241. The van der Waals surface area contributed by atoms with Crippen LogP contribution in [0.4, 0.5) is 11.4 Å². The van der Waals surface area contributed by atoms with Gasteiger partial charge in [-0.05, 0) is 54.3 Å². The summed E-state index contributed by atoms with van der Waals surface area (Å²) in [7, 11) is 0. The maximum atomic E-state index is 13.8. The van der Waals surface area contributed by atoms with Crippen LogP contribution in [-0.4, -0.2) is 21.4 Å². The van der Waals surface area contributed by atoms with Gasteiger partial charge in [-0.3, -0.25) is 19.0 Å². The molecular weight excluding hydrogens is 452 g/mol. The summed E-state index contributed by atoms with van der Waals surface area (Å²) in [4.78, 5) is 43.8. The number of hydrogen-bond acceptors (Lipinski definition) is 4. The van der Waals surface area contributed by atoms with Crippen molar-refractivity contribution in [2.75, 3.05) is 10.6 Å². The molecule has 1 aromatic heterocycles. The molecule has 0 saturated carbocycles. The predicted molar refractivity (Wildman–Crippen MR) is 144 cm³/mol. The van der Waals surface area contributed by atoms with Gasteiger partial charge in [-0.25, -0.2) is 4.98 Å². The SMILES string of the molecule is CCC(=O)Nc1ccc(CC)cc1-c1nc2ccccc2n(CC(=O)Nc2ccccc2CC)c1=O. The maximum absolute atomic E-state index is 13.8. The molecule has 0 radical (unpaired) electrons. The third kappa shape index (κ3) is 5.20. The normalized spacial score (nSPS) is 10.9. The highest BCUT2D eigenvalue weighted by molar-refractivity contribution is 5.96. The number of amides is 2. The minimum Gasteiger partial charge on any atom is -0.325 e. The summed E-state index contributed by atoms with van der Waals surface area (Å²) >= 11 is 0. The lowest BCUT2D eigenvalue weighted by Gasteiger charge is -2.16. The lowest BCUT2D eigenvalue weighted by molar-refractivity contribution is -0.117. The molecule has 7 nitrogen and oxygen atoms in total. The van der Waals surface area contributed by atoms with Crippen molar-refractivity contribution in [3.63, 3.8) is 0 Å². The zero-order valence-electron chi connectivity index (χ0n) is 20.8. The topological polar surface area (TPSA) is 93.1 Å². The van der Waals surface area contributed by atoms with E-state index in [0.717, 1.165) is 29.7 Å². The van der Waals surface area contributed by atoms with Crippen molar-refractivity contribution in [1.82, 2.24) is 9.55 Å². The summed E-state index contributed by atoms with van der Waals surface area (Å²) in [5, 5.41) is 5.83. The number of aromatic nitrogens is 2. The van der Waals surface area contributed by atoms with E-state index in [1.54, 1.807) is 19.1 Å². The molecule has 36 heavy (non-hydrogen) atoms. The number of anilines is 2. The molecule has 4 rings (SSSR count). The fourth-order valence-corrected chi connectivity index (χ4v) is 4.16. The van der Waals surface area contributed by atoms with Gasteiger partial charge in [-0.15, -0.1) is 0 Å². The van der Waals surface area contributed by atoms with Crippen LogP contribution in [0.5, 0.6) is 0 Å². The van der Waals surface area contributed by atoms with E-state index in [0.29, 0.717) is 28.7 Å². The number of nitrogens with zero attached hydrogens (tertiary/aromatic N) is 2. The van der Waals surface area contributed by atoms with Gasteiger partial charge in [0.05, 0.1) is 16.7 Å². The van der Waals surface area contributed by atoms with E-state index in [9.17, 15) is 14.4 Å². The quantitative estimate of drug-likeness (QED) is 0.362. The number of para-hydroxylation sites is 3. The smallest absolute Gasteiger partial charge is 0.278 e. The molecule has 0 unspecified atom stereocenters. The first-order valence-corrected chi connectivity index (χ1v) is 12.3. The summed E-state index contributed by atoms with van der Waals surface area (Å²) in [6.07, 6.45) is 1.85. The molecule has 0 fully saturated rings. The number of carbonyl (C=O) groups excluding carboxylic acids is 2. The molecule has 0 aliphatic heterocycles. The average Bonchev–Trinajstić information content (AvgIpc) is 2.90. The molecule has 7 heteroatoms. The molecule has 0 bridgehead atoms. The molecule has 4 aromatic rings. The number of benzene rings is 3. The Balaban J connectivity index is 1.83. The Morgan fingerprint density at radius 2 is 1.56 bits per heavy atom. The second-order valence-electron chi connectivity index (χ2n) is 8.53. The standard InChI is InChI=1S/C29H30N4O3/c1-4-19-15-16-23(31-26(34)6-3)21(17-19)28-29(36)33(25-14-10-9-13-24(25)32-28)18-27(35)30-22-12-8-7-11-20(22)5-2/h7-17H,4-6,18H2,1-3H3,(H,30,35)(H,31,34). The van der Waals surface area contributed by atoms with Crippen LogP contribution in [0.3, 0.4) is 0 Å². The molecule has 1 heterocycles. The Hall–Kier alpha value is -4.26. The van der Waals surface area contributed by atoms with Crippen molar-refractivity contribution in [3.8, 4) is 11.3 Å². The van der Waals surface area contributed by atoms with Crippen molar-refractivity contribution < 1.29 is 9.59 Å². The number of aryl methyl sites for hydroxylation is 2. The first-order valence-electron chi connectivity index (χ1n) is 12.3. The zero-order chi connectivity index (χ0) is 25.7. The molecule has 0 atom stereocenters. The molecule has 0 spiro atoms. The van der Waals surface area contributed by atoms with Crippen LogP contribution in [0.15, 0.2) is 71.5 Å². The Morgan fingerprint density at radius 3 is 2.31 bits per heavy atom. The molecular formula is C29H30N4O3. The maximum Gasteiger partial charge on any atom is 0.278 e. The van der Waals surface area contributed by atoms with E-state index in [-0.39, 0.29) is 24.1 Å². The minimum atomic E-state index is -0.395. The van der Waals surface area contributed by atoms with Gasteiger partial charge >= 0.3 is 0 Å². The van der Waals surface area contributed by atoms with Gasteiger partial charge in [0.1, 0.15) is 12.2 Å². The predicted octanol–water partition coefficient (Wildman–Crippen LogP) is 5.18. The van der Waals surface area contributed by atoms with Crippen LogP contribution >= 0.6 is 0 Å². The average molecular weight is 483 g/mol. The van der Waals surface area contributed by atoms with Crippen molar-refractivity contribution >= 4 is 34.2 Å². The van der Waals surface area contributed by atoms with Crippen molar-refractivity contribution in [3.05, 3.63) is 88.2 Å². The Morgan fingerprint density at radius 1 is 0.833 bits per heavy atom. The highest BCUT2D eigenvalue weighted by Gasteiger charge is 2.19. The monoisotopic (exact) mass is 482 g/mol. The lowest BCUT2D eigenvalue weighted by atomic mass is 10.0. The van der Waals surface area contributed by atoms with Gasteiger partial charge in [0.15, 0.2) is 0 Å². The number of rotatable bonds is 8. The van der Waals surface area contributed by atoms with Crippen LogP contribution < -0.4 is 16.2 Å². The first kappa shape index (κ1) is 24.9. The van der Waals surface area contributed by atoms with Crippen LogP contribution in [0, 0.1) is 0 Å². The van der Waals surface area contributed by atoms with Gasteiger partial charge in [0.25, 0.3) is 5.56 Å². The zero-order valence-corrected chi connectivity index (χ0v) is 20.8. The van der Waals surface area contributed by atoms with Gasteiger partial charge in [0, 0.05) is 17.7 Å². The Labute approximate surface area is 210 Å². The number of carbonyl (C=O) groups is 2. The largest absolute Gasteiger partial charge is 0.325 e. The molecule has 0 saturated heterocycles. The summed E-state index contributed by atoms with van der Waals surface area (Å²) < 4.78 is 1.45. The van der Waals surface area contributed by atoms with Gasteiger partial charge < -0.3 is 10.6 Å². The second kappa shape index (κ2) is 11.0. The highest BCUT2D eigenvalue weighted by Crippen LogP contribution is 2.28. The van der Waals surface area contributed by atoms with Gasteiger partial charge in [0.2, 0.25) is 11.8 Å². The summed E-state index contributed by atoms with van der Waals surface area (Å²) in [6, 6.07) is 20.5. The minimum absolute atomic E-state index is 0.157. The fourth-order valence-electron chi connectivity index (χ4n) is 4.16. The molecule has 2 amide bonds. The molecule has 0 aliphatic carbocycles. The summed E-state index contributed by atoms with van der Waals surface area (Å²) in [5.74, 6) is -0.460. The number of nitrogens with one attached hydrogen (secondary N) is 2. The van der Waals surface area contributed by atoms with Gasteiger partial charge in [-0.2, -0.15) is 0 Å². The lowest BCUT2D eigenvalue weighted by Crippen LogP contribution is -2.30. The molecule has 184 valence electrons. The third-order valence-corrected chi connectivity index (χ3v) is 6.17. The van der Waals surface area contributed by atoms with Crippen LogP contribution in [0.1, 0.15) is 38.3 Å². The summed E-state index contributed by atoms with van der Waals surface area (Å²) in [6.45, 7) is 5.65. The Bertz CT molecular complexity index is 1490. The van der Waals surface area contributed by atoms with Crippen LogP contribution in [0.2, 0.25) is 0 Å². The van der Waals surface area contributed by atoms with E-state index in [1.807, 2.05) is 68.4 Å². The van der Waals surface area contributed by atoms with E-state index < -0.39 is 5.56 Å². The van der Waals surface area contributed by atoms with E-state index in [4.69, 9.17) is 0 Å². The highest BCUT2D eigenvalue weighted by atomic mass is 16.2.